The first-order valence-corrected chi connectivity index (χ1v) is 10.1. The van der Waals surface area contributed by atoms with Crippen molar-refractivity contribution in [2.45, 2.75) is 51.5 Å². The van der Waals surface area contributed by atoms with Gasteiger partial charge in [-0.15, -0.1) is 0 Å². The fourth-order valence-corrected chi connectivity index (χ4v) is 4.71. The van der Waals surface area contributed by atoms with Crippen LogP contribution in [0.1, 0.15) is 43.4 Å². The van der Waals surface area contributed by atoms with Crippen LogP contribution in [-0.2, 0) is 11.2 Å². The molecule has 144 valence electrons. The second kappa shape index (κ2) is 7.85. The van der Waals surface area contributed by atoms with E-state index >= 15 is 0 Å². The van der Waals surface area contributed by atoms with E-state index in [4.69, 9.17) is 10.2 Å². The van der Waals surface area contributed by atoms with Gasteiger partial charge in [-0.25, -0.2) is 4.98 Å². The molecular weight excluding hydrogens is 338 g/mol. The number of amides is 1. The zero-order valence-corrected chi connectivity index (χ0v) is 16.0. The quantitative estimate of drug-likeness (QED) is 0.848. The van der Waals surface area contributed by atoms with Crippen LogP contribution in [0.25, 0.3) is 11.5 Å². The summed E-state index contributed by atoms with van der Waals surface area (Å²) in [5.41, 5.74) is 9.38. The number of nitrogens with one attached hydrogen (secondary N) is 1. The highest BCUT2D eigenvalue weighted by Crippen LogP contribution is 2.41. The zero-order valence-electron chi connectivity index (χ0n) is 16.0. The van der Waals surface area contributed by atoms with E-state index in [1.165, 1.54) is 24.8 Å². The molecule has 1 aromatic heterocycles. The van der Waals surface area contributed by atoms with E-state index in [2.05, 4.69) is 17.2 Å². The van der Waals surface area contributed by atoms with Gasteiger partial charge in [-0.05, 0) is 56.6 Å². The largest absolute Gasteiger partial charge is 0.444 e. The Morgan fingerprint density at radius 3 is 2.63 bits per heavy atom. The molecule has 4 rings (SSSR count). The highest BCUT2D eigenvalue weighted by molar-refractivity contribution is 5.78. The van der Waals surface area contributed by atoms with Gasteiger partial charge in [0.05, 0.1) is 5.69 Å². The second-order valence-corrected chi connectivity index (χ2v) is 8.25. The van der Waals surface area contributed by atoms with Gasteiger partial charge in [0.2, 0.25) is 11.8 Å². The molecule has 27 heavy (non-hydrogen) atoms. The number of oxazole rings is 1. The van der Waals surface area contributed by atoms with E-state index in [0.29, 0.717) is 36.7 Å². The molecule has 1 heterocycles. The molecule has 2 aliphatic carbocycles. The molecule has 0 spiro atoms. The van der Waals surface area contributed by atoms with Crippen molar-refractivity contribution >= 4 is 5.91 Å². The van der Waals surface area contributed by atoms with E-state index in [1.54, 1.807) is 6.26 Å². The van der Waals surface area contributed by atoms with Gasteiger partial charge in [0.25, 0.3) is 0 Å². The SMILES string of the molecule is Cc1ccc(-c2nc(CCNC(=O)C3CC4CCCC(C3)C4N)co2)cc1. The van der Waals surface area contributed by atoms with Gasteiger partial charge < -0.3 is 15.5 Å². The number of nitrogens with two attached hydrogens (primary N) is 1. The molecule has 2 unspecified atom stereocenters. The molecule has 2 fully saturated rings. The first kappa shape index (κ1) is 18.2. The molecule has 5 heteroatoms. The lowest BCUT2D eigenvalue weighted by Gasteiger charge is -2.43. The Labute approximate surface area is 160 Å². The minimum Gasteiger partial charge on any atom is -0.444 e. The summed E-state index contributed by atoms with van der Waals surface area (Å²) in [6, 6.07) is 8.42. The maximum absolute atomic E-state index is 12.6. The highest BCUT2D eigenvalue weighted by atomic mass is 16.3. The lowest BCUT2D eigenvalue weighted by atomic mass is 9.65. The molecule has 0 radical (unpaired) electrons. The lowest BCUT2D eigenvalue weighted by Crippen LogP contribution is -2.49. The molecule has 2 atom stereocenters. The van der Waals surface area contributed by atoms with Gasteiger partial charge in [-0.1, -0.05) is 24.1 Å². The summed E-state index contributed by atoms with van der Waals surface area (Å²) in [6.45, 7) is 2.65. The van der Waals surface area contributed by atoms with Crippen LogP contribution in [-0.4, -0.2) is 23.5 Å². The molecule has 3 N–H and O–H groups in total. The van der Waals surface area contributed by atoms with Crippen LogP contribution in [0.3, 0.4) is 0 Å². The molecule has 5 nitrogen and oxygen atoms in total. The number of rotatable bonds is 5. The summed E-state index contributed by atoms with van der Waals surface area (Å²) >= 11 is 0. The van der Waals surface area contributed by atoms with Crippen molar-refractivity contribution in [3.63, 3.8) is 0 Å². The number of nitrogens with zero attached hydrogens (tertiary/aromatic N) is 1. The van der Waals surface area contributed by atoms with Gasteiger partial charge in [0, 0.05) is 30.5 Å². The van der Waals surface area contributed by atoms with Crippen molar-refractivity contribution in [1.82, 2.24) is 10.3 Å². The number of carbonyl (C=O) groups excluding carboxylic acids is 1. The van der Waals surface area contributed by atoms with Crippen molar-refractivity contribution in [2.24, 2.45) is 23.5 Å². The Morgan fingerprint density at radius 1 is 1.22 bits per heavy atom. The molecular formula is C22H29N3O2. The molecule has 2 saturated carbocycles. The zero-order chi connectivity index (χ0) is 18.8. The Hall–Kier alpha value is -2.14. The summed E-state index contributed by atoms with van der Waals surface area (Å²) in [5, 5.41) is 3.10. The Morgan fingerprint density at radius 2 is 1.93 bits per heavy atom. The topological polar surface area (TPSA) is 81.2 Å². The third-order valence-electron chi connectivity index (χ3n) is 6.31. The van der Waals surface area contributed by atoms with E-state index in [1.807, 2.05) is 24.3 Å². The van der Waals surface area contributed by atoms with Crippen LogP contribution in [0.2, 0.25) is 0 Å². The monoisotopic (exact) mass is 367 g/mol. The number of benzene rings is 1. The van der Waals surface area contributed by atoms with Crippen LogP contribution in [0, 0.1) is 24.7 Å². The molecule has 1 amide bonds. The summed E-state index contributed by atoms with van der Waals surface area (Å²) in [7, 11) is 0. The number of fused-ring (bicyclic) bond motifs is 2. The van der Waals surface area contributed by atoms with Gasteiger partial charge in [-0.2, -0.15) is 0 Å². The van der Waals surface area contributed by atoms with Crippen molar-refractivity contribution in [3.8, 4) is 11.5 Å². The maximum atomic E-state index is 12.6. The number of carbonyl (C=O) groups is 1. The van der Waals surface area contributed by atoms with Crippen molar-refractivity contribution < 1.29 is 9.21 Å². The summed E-state index contributed by atoms with van der Waals surface area (Å²) in [4.78, 5) is 17.1. The summed E-state index contributed by atoms with van der Waals surface area (Å²) < 4.78 is 5.59. The first-order chi connectivity index (χ1) is 13.1. The molecule has 2 aliphatic rings. The van der Waals surface area contributed by atoms with Crippen LogP contribution < -0.4 is 11.1 Å². The summed E-state index contributed by atoms with van der Waals surface area (Å²) in [6.07, 6.45) is 7.90. The van der Waals surface area contributed by atoms with E-state index in [9.17, 15) is 4.79 Å². The van der Waals surface area contributed by atoms with Crippen molar-refractivity contribution in [1.29, 1.82) is 0 Å². The molecule has 0 aliphatic heterocycles. The third kappa shape index (κ3) is 4.08. The van der Waals surface area contributed by atoms with Gasteiger partial charge >= 0.3 is 0 Å². The molecule has 2 bridgehead atoms. The van der Waals surface area contributed by atoms with E-state index in [-0.39, 0.29) is 11.8 Å². The average Bonchev–Trinajstić information content (AvgIpc) is 3.11. The van der Waals surface area contributed by atoms with Crippen LogP contribution in [0.5, 0.6) is 0 Å². The fraction of sp³-hybridized carbons (Fsp3) is 0.545. The first-order valence-electron chi connectivity index (χ1n) is 10.1. The molecule has 0 saturated heterocycles. The van der Waals surface area contributed by atoms with Gasteiger partial charge in [0.15, 0.2) is 0 Å². The minimum absolute atomic E-state index is 0.125. The molecule has 1 aromatic carbocycles. The standard InChI is InChI=1S/C22H29N3O2/c1-14-5-7-15(8-6-14)22-25-19(13-27-22)9-10-24-21(26)18-11-16-3-2-4-17(12-18)20(16)23/h5-8,13,16-18,20H,2-4,9-12,23H2,1H3,(H,24,26). The van der Waals surface area contributed by atoms with Crippen LogP contribution >= 0.6 is 0 Å². The third-order valence-corrected chi connectivity index (χ3v) is 6.31. The fourth-order valence-electron chi connectivity index (χ4n) is 4.71. The average molecular weight is 367 g/mol. The lowest BCUT2D eigenvalue weighted by molar-refractivity contribution is -0.127. The predicted octanol–water partition coefficient (Wildman–Crippen LogP) is 3.46. The maximum Gasteiger partial charge on any atom is 0.226 e. The Bertz CT molecular complexity index is 769. The van der Waals surface area contributed by atoms with Crippen molar-refractivity contribution in [2.75, 3.05) is 6.54 Å². The highest BCUT2D eigenvalue weighted by Gasteiger charge is 2.40. The second-order valence-electron chi connectivity index (χ2n) is 8.25. The van der Waals surface area contributed by atoms with Crippen LogP contribution in [0.4, 0.5) is 0 Å². The Kier molecular flexibility index (Phi) is 5.30. The van der Waals surface area contributed by atoms with Gasteiger partial charge in [-0.3, -0.25) is 4.79 Å². The summed E-state index contributed by atoms with van der Waals surface area (Å²) in [5.74, 6) is 1.99. The van der Waals surface area contributed by atoms with Crippen LogP contribution in [0.15, 0.2) is 34.9 Å². The van der Waals surface area contributed by atoms with Gasteiger partial charge in [0.1, 0.15) is 6.26 Å². The Balaban J connectivity index is 1.27. The predicted molar refractivity (Wildman–Crippen MR) is 105 cm³/mol. The molecule has 2 aromatic rings. The van der Waals surface area contributed by atoms with E-state index < -0.39 is 0 Å². The normalized spacial score (nSPS) is 27.3. The van der Waals surface area contributed by atoms with Crippen molar-refractivity contribution in [3.05, 3.63) is 41.8 Å². The smallest absolute Gasteiger partial charge is 0.226 e. The van der Waals surface area contributed by atoms with E-state index in [0.717, 1.165) is 24.1 Å². The number of hydrogen-bond donors (Lipinski definition) is 2. The number of aryl methyl sites for hydroxylation is 1. The number of hydrogen-bond acceptors (Lipinski definition) is 4. The minimum atomic E-state index is 0.125. The number of aromatic nitrogens is 1.